The van der Waals surface area contributed by atoms with Crippen LogP contribution >= 0.6 is 0 Å². The van der Waals surface area contributed by atoms with Crippen LogP contribution in [-0.4, -0.2) is 21.7 Å². The molecule has 1 aliphatic rings. The highest BCUT2D eigenvalue weighted by atomic mass is 16.1. The lowest BCUT2D eigenvalue weighted by Crippen LogP contribution is -2.27. The third-order valence-corrected chi connectivity index (χ3v) is 3.14. The normalized spacial score (nSPS) is 21.0. The van der Waals surface area contributed by atoms with Crippen LogP contribution in [0.15, 0.2) is 17.2 Å². The van der Waals surface area contributed by atoms with Crippen molar-refractivity contribution < 1.29 is 0 Å². The number of imidazole rings is 1. The first-order valence-corrected chi connectivity index (χ1v) is 5.80. The first-order valence-electron chi connectivity index (χ1n) is 5.80. The second-order valence-corrected chi connectivity index (χ2v) is 4.14. The van der Waals surface area contributed by atoms with Gasteiger partial charge in [0.15, 0.2) is 0 Å². The van der Waals surface area contributed by atoms with Gasteiger partial charge < -0.3 is 5.32 Å². The molecule has 1 unspecified atom stereocenters. The molecule has 0 amide bonds. The summed E-state index contributed by atoms with van der Waals surface area (Å²) >= 11 is 0. The third-order valence-electron chi connectivity index (χ3n) is 3.14. The van der Waals surface area contributed by atoms with Gasteiger partial charge in [0.2, 0.25) is 0 Å². The van der Waals surface area contributed by atoms with Gasteiger partial charge in [0.25, 0.3) is 0 Å². The van der Waals surface area contributed by atoms with E-state index in [-0.39, 0.29) is 5.69 Å². The summed E-state index contributed by atoms with van der Waals surface area (Å²) in [5.74, 6) is 0. The highest BCUT2D eigenvalue weighted by Crippen LogP contribution is 2.09. The summed E-state index contributed by atoms with van der Waals surface area (Å²) in [5, 5.41) is 3.44. The SMILES string of the molecule is CCn1ccn(CCC2CCCN2)c1=O. The average Bonchev–Trinajstić information content (AvgIpc) is 2.85. The van der Waals surface area contributed by atoms with Gasteiger partial charge in [-0.1, -0.05) is 0 Å². The molecule has 1 aromatic rings. The van der Waals surface area contributed by atoms with E-state index in [9.17, 15) is 4.79 Å². The van der Waals surface area contributed by atoms with Crippen LogP contribution in [0.25, 0.3) is 0 Å². The van der Waals surface area contributed by atoms with Gasteiger partial charge in [-0.2, -0.15) is 0 Å². The maximum Gasteiger partial charge on any atom is 0.328 e. The van der Waals surface area contributed by atoms with E-state index in [1.54, 1.807) is 4.57 Å². The molecule has 2 rings (SSSR count). The maximum atomic E-state index is 11.7. The molecular formula is C11H19N3O. The van der Waals surface area contributed by atoms with Crippen LogP contribution in [0.2, 0.25) is 0 Å². The van der Waals surface area contributed by atoms with Gasteiger partial charge in [0.1, 0.15) is 0 Å². The monoisotopic (exact) mass is 209 g/mol. The molecule has 0 aromatic carbocycles. The molecule has 0 aliphatic carbocycles. The molecule has 4 heteroatoms. The molecule has 0 saturated carbocycles. The number of aryl methyl sites for hydroxylation is 2. The summed E-state index contributed by atoms with van der Waals surface area (Å²) in [5.41, 5.74) is 0.121. The minimum atomic E-state index is 0.121. The molecule has 4 nitrogen and oxygen atoms in total. The van der Waals surface area contributed by atoms with E-state index in [0.29, 0.717) is 6.04 Å². The summed E-state index contributed by atoms with van der Waals surface area (Å²) in [6.07, 6.45) is 7.34. The fourth-order valence-electron chi connectivity index (χ4n) is 2.16. The van der Waals surface area contributed by atoms with Crippen LogP contribution < -0.4 is 11.0 Å². The molecule has 0 radical (unpaired) electrons. The van der Waals surface area contributed by atoms with Crippen LogP contribution in [0, 0.1) is 0 Å². The van der Waals surface area contributed by atoms with Gasteiger partial charge in [-0.25, -0.2) is 4.79 Å². The Hall–Kier alpha value is -1.03. The standard InChI is InChI=1S/C11H19N3O/c1-2-13-8-9-14(11(13)15)7-5-10-4-3-6-12-10/h8-10,12H,2-7H2,1H3. The molecule has 84 valence electrons. The minimum absolute atomic E-state index is 0.121. The molecule has 1 aromatic heterocycles. The van der Waals surface area contributed by atoms with E-state index in [4.69, 9.17) is 0 Å². The molecular weight excluding hydrogens is 190 g/mol. The Kier molecular flexibility index (Phi) is 3.26. The average molecular weight is 209 g/mol. The lowest BCUT2D eigenvalue weighted by molar-refractivity contribution is 0.493. The molecule has 0 spiro atoms. The number of nitrogens with one attached hydrogen (secondary N) is 1. The van der Waals surface area contributed by atoms with Gasteiger partial charge in [-0.15, -0.1) is 0 Å². The summed E-state index contributed by atoms with van der Waals surface area (Å²) < 4.78 is 3.55. The Bertz CT molecular complexity index is 360. The van der Waals surface area contributed by atoms with Crippen LogP contribution in [0.5, 0.6) is 0 Å². The van der Waals surface area contributed by atoms with Crippen molar-refractivity contribution >= 4 is 0 Å². The summed E-state index contributed by atoms with van der Waals surface area (Å²) in [7, 11) is 0. The molecule has 1 N–H and O–H groups in total. The molecule has 1 fully saturated rings. The molecule has 1 atom stereocenters. The summed E-state index contributed by atoms with van der Waals surface area (Å²) in [6, 6.07) is 0.613. The predicted octanol–water partition coefficient (Wildman–Crippen LogP) is 0.812. The number of hydrogen-bond donors (Lipinski definition) is 1. The van der Waals surface area contributed by atoms with Crippen molar-refractivity contribution in [1.82, 2.24) is 14.5 Å². The molecule has 0 bridgehead atoms. The summed E-state index contributed by atoms with van der Waals surface area (Å²) in [4.78, 5) is 11.7. The lowest BCUT2D eigenvalue weighted by atomic mass is 10.1. The Morgan fingerprint density at radius 2 is 2.27 bits per heavy atom. The largest absolute Gasteiger partial charge is 0.328 e. The number of rotatable bonds is 4. The van der Waals surface area contributed by atoms with Crippen LogP contribution in [-0.2, 0) is 13.1 Å². The van der Waals surface area contributed by atoms with Crippen molar-refractivity contribution in [2.24, 2.45) is 0 Å². The fourth-order valence-corrected chi connectivity index (χ4v) is 2.16. The van der Waals surface area contributed by atoms with Gasteiger partial charge in [-0.05, 0) is 32.7 Å². The second-order valence-electron chi connectivity index (χ2n) is 4.14. The number of hydrogen-bond acceptors (Lipinski definition) is 2. The van der Waals surface area contributed by atoms with Crippen LogP contribution in [0.4, 0.5) is 0 Å². The number of aromatic nitrogens is 2. The topological polar surface area (TPSA) is 39.0 Å². The van der Waals surface area contributed by atoms with Gasteiger partial charge in [0, 0.05) is 31.5 Å². The maximum absolute atomic E-state index is 11.7. The van der Waals surface area contributed by atoms with Crippen molar-refractivity contribution in [3.8, 4) is 0 Å². The van der Waals surface area contributed by atoms with Crippen molar-refractivity contribution in [3.63, 3.8) is 0 Å². The summed E-state index contributed by atoms with van der Waals surface area (Å²) in [6.45, 7) is 4.72. The van der Waals surface area contributed by atoms with E-state index in [1.165, 1.54) is 12.8 Å². The zero-order valence-electron chi connectivity index (χ0n) is 9.28. The zero-order chi connectivity index (χ0) is 10.7. The van der Waals surface area contributed by atoms with E-state index in [0.717, 1.165) is 26.1 Å². The van der Waals surface area contributed by atoms with Gasteiger partial charge in [-0.3, -0.25) is 9.13 Å². The van der Waals surface area contributed by atoms with E-state index in [1.807, 2.05) is 23.9 Å². The van der Waals surface area contributed by atoms with Gasteiger partial charge in [0.05, 0.1) is 0 Å². The third kappa shape index (κ3) is 2.31. The van der Waals surface area contributed by atoms with Crippen LogP contribution in [0.1, 0.15) is 26.2 Å². The zero-order valence-corrected chi connectivity index (χ0v) is 9.28. The van der Waals surface area contributed by atoms with E-state index < -0.39 is 0 Å². The van der Waals surface area contributed by atoms with E-state index in [2.05, 4.69) is 5.32 Å². The van der Waals surface area contributed by atoms with Crippen molar-refractivity contribution in [3.05, 3.63) is 22.9 Å². The lowest BCUT2D eigenvalue weighted by Gasteiger charge is -2.09. The smallest absolute Gasteiger partial charge is 0.314 e. The van der Waals surface area contributed by atoms with Crippen molar-refractivity contribution in [1.29, 1.82) is 0 Å². The minimum Gasteiger partial charge on any atom is -0.314 e. The first-order chi connectivity index (χ1) is 7.31. The quantitative estimate of drug-likeness (QED) is 0.797. The Labute approximate surface area is 89.9 Å². The molecule has 1 saturated heterocycles. The fraction of sp³-hybridized carbons (Fsp3) is 0.727. The highest BCUT2D eigenvalue weighted by Gasteiger charge is 2.13. The second kappa shape index (κ2) is 4.66. The van der Waals surface area contributed by atoms with Gasteiger partial charge >= 0.3 is 5.69 Å². The van der Waals surface area contributed by atoms with Crippen LogP contribution in [0.3, 0.4) is 0 Å². The number of nitrogens with zero attached hydrogens (tertiary/aromatic N) is 2. The molecule has 2 heterocycles. The Morgan fingerprint density at radius 1 is 1.47 bits per heavy atom. The molecule has 15 heavy (non-hydrogen) atoms. The molecule has 1 aliphatic heterocycles. The van der Waals surface area contributed by atoms with E-state index >= 15 is 0 Å². The van der Waals surface area contributed by atoms with Crippen molar-refractivity contribution in [2.75, 3.05) is 6.54 Å². The Balaban J connectivity index is 1.92. The first kappa shape index (κ1) is 10.5. The van der Waals surface area contributed by atoms with Crippen molar-refractivity contribution in [2.45, 2.75) is 45.3 Å². The predicted molar refractivity (Wildman–Crippen MR) is 60.0 cm³/mol. The Morgan fingerprint density at radius 3 is 2.87 bits per heavy atom. The highest BCUT2D eigenvalue weighted by molar-refractivity contribution is 4.82.